The van der Waals surface area contributed by atoms with Gasteiger partial charge in [-0.2, -0.15) is 0 Å². The fraction of sp³-hybridized carbons (Fsp3) is 0.235. The van der Waals surface area contributed by atoms with Crippen LogP contribution in [0.3, 0.4) is 0 Å². The van der Waals surface area contributed by atoms with Crippen molar-refractivity contribution in [3.63, 3.8) is 0 Å². The summed E-state index contributed by atoms with van der Waals surface area (Å²) < 4.78 is 1.30. The third kappa shape index (κ3) is 2.29. The number of hydrogen-bond acceptors (Lipinski definition) is 5. The number of aliphatic hydroxyl groups excluding tert-OH is 1. The predicted molar refractivity (Wildman–Crippen MR) is 96.2 cm³/mol. The number of allylic oxidation sites excluding steroid dienone is 1. The zero-order chi connectivity index (χ0) is 15.1. The van der Waals surface area contributed by atoms with E-state index in [1.54, 1.807) is 30.0 Å². The summed E-state index contributed by atoms with van der Waals surface area (Å²) in [7, 11) is 0. The number of benzene rings is 1. The first-order valence-electron chi connectivity index (χ1n) is 7.31. The monoisotopic (exact) mass is 328 g/mol. The summed E-state index contributed by atoms with van der Waals surface area (Å²) in [5.74, 6) is 0. The molecule has 1 unspecified atom stereocenters. The molecule has 3 nitrogen and oxygen atoms in total. The number of rotatable bonds is 3. The molecule has 0 saturated carbocycles. The molecule has 2 aromatic rings. The molecule has 112 valence electrons. The first kappa shape index (κ1) is 14.1. The van der Waals surface area contributed by atoms with Crippen LogP contribution in [0.4, 0.5) is 0 Å². The van der Waals surface area contributed by atoms with Crippen molar-refractivity contribution in [3.05, 3.63) is 52.3 Å². The number of aliphatic imine (C=N–C) groups is 1. The summed E-state index contributed by atoms with van der Waals surface area (Å²) in [6.07, 6.45) is 3.42. The van der Waals surface area contributed by atoms with Gasteiger partial charge in [-0.05, 0) is 30.8 Å². The Kier molecular flexibility index (Phi) is 3.56. The van der Waals surface area contributed by atoms with Crippen molar-refractivity contribution in [1.82, 2.24) is 4.90 Å². The van der Waals surface area contributed by atoms with Crippen LogP contribution < -0.4 is 0 Å². The second-order valence-electron chi connectivity index (χ2n) is 5.38. The van der Waals surface area contributed by atoms with Gasteiger partial charge in [0, 0.05) is 32.5 Å². The molecule has 22 heavy (non-hydrogen) atoms. The van der Waals surface area contributed by atoms with Crippen molar-refractivity contribution in [1.29, 1.82) is 0 Å². The van der Waals surface area contributed by atoms with Gasteiger partial charge in [-0.1, -0.05) is 24.3 Å². The van der Waals surface area contributed by atoms with E-state index in [4.69, 9.17) is 0 Å². The van der Waals surface area contributed by atoms with Crippen molar-refractivity contribution in [2.24, 2.45) is 4.99 Å². The number of amidine groups is 1. The molecule has 1 N–H and O–H groups in total. The maximum absolute atomic E-state index is 9.54. The first-order chi connectivity index (χ1) is 10.7. The summed E-state index contributed by atoms with van der Waals surface area (Å²) in [6.45, 7) is 3.57. The Morgan fingerprint density at radius 2 is 2.23 bits per heavy atom. The number of thiophene rings is 1. The van der Waals surface area contributed by atoms with Gasteiger partial charge in [0.25, 0.3) is 0 Å². The van der Waals surface area contributed by atoms with Crippen molar-refractivity contribution in [2.45, 2.75) is 13.0 Å². The van der Waals surface area contributed by atoms with E-state index in [2.05, 4.69) is 39.5 Å². The molecule has 0 radical (unpaired) electrons. The number of thioether (sulfide) groups is 1. The van der Waals surface area contributed by atoms with Gasteiger partial charge in [0.2, 0.25) is 0 Å². The molecule has 2 aliphatic rings. The van der Waals surface area contributed by atoms with E-state index >= 15 is 0 Å². The van der Waals surface area contributed by atoms with E-state index in [0.717, 1.165) is 18.3 Å². The van der Waals surface area contributed by atoms with Crippen LogP contribution in [0.25, 0.3) is 15.8 Å². The topological polar surface area (TPSA) is 35.8 Å². The van der Waals surface area contributed by atoms with Crippen LogP contribution >= 0.6 is 23.1 Å². The van der Waals surface area contributed by atoms with Crippen LogP contribution in [0.5, 0.6) is 0 Å². The molecule has 0 bridgehead atoms. The highest BCUT2D eigenvalue weighted by molar-refractivity contribution is 8.17. The lowest BCUT2D eigenvalue weighted by atomic mass is 10.1. The Balaban J connectivity index is 1.87. The molecule has 1 aromatic carbocycles. The molecule has 2 aliphatic heterocycles. The molecular weight excluding hydrogens is 312 g/mol. The number of hydrogen-bond donors (Lipinski definition) is 1. The average molecular weight is 328 g/mol. The van der Waals surface area contributed by atoms with Crippen LogP contribution in [0.1, 0.15) is 12.5 Å². The maximum Gasteiger partial charge on any atom is 0.168 e. The minimum absolute atomic E-state index is 0.439. The molecule has 3 heterocycles. The normalized spacial score (nSPS) is 19.4. The molecule has 0 spiro atoms. The molecule has 0 amide bonds. The van der Waals surface area contributed by atoms with Gasteiger partial charge < -0.3 is 10.0 Å². The van der Waals surface area contributed by atoms with Crippen molar-refractivity contribution in [3.8, 4) is 0 Å². The summed E-state index contributed by atoms with van der Waals surface area (Å²) >= 11 is 3.48. The standard InChI is InChI=1S/C17H16N2OS2/c1-11(20)6-7-15-16(19-9-8-18-17(19)22-15)13-10-21-14-5-3-2-4-12(13)14/h2-7,10-11,20H,8-9H2,1H3. The van der Waals surface area contributed by atoms with Crippen molar-refractivity contribution >= 4 is 44.0 Å². The van der Waals surface area contributed by atoms with Gasteiger partial charge in [0.05, 0.1) is 18.3 Å². The number of fused-ring (bicyclic) bond motifs is 2. The van der Waals surface area contributed by atoms with Gasteiger partial charge in [0.15, 0.2) is 5.17 Å². The minimum atomic E-state index is -0.439. The minimum Gasteiger partial charge on any atom is -0.389 e. The van der Waals surface area contributed by atoms with E-state index in [-0.39, 0.29) is 0 Å². The van der Waals surface area contributed by atoms with Gasteiger partial charge in [-0.15, -0.1) is 11.3 Å². The Morgan fingerprint density at radius 3 is 3.09 bits per heavy atom. The second kappa shape index (κ2) is 5.57. The van der Waals surface area contributed by atoms with Gasteiger partial charge in [0.1, 0.15) is 0 Å². The predicted octanol–water partition coefficient (Wildman–Crippen LogP) is 3.93. The third-order valence-electron chi connectivity index (χ3n) is 3.77. The SMILES string of the molecule is CC(O)C=CC1=C(c2csc3ccccc23)N2CCN=C2S1. The molecule has 5 heteroatoms. The molecule has 0 aliphatic carbocycles. The zero-order valence-corrected chi connectivity index (χ0v) is 13.8. The maximum atomic E-state index is 9.54. The van der Waals surface area contributed by atoms with Gasteiger partial charge in [-0.3, -0.25) is 4.99 Å². The largest absolute Gasteiger partial charge is 0.389 e. The number of nitrogens with zero attached hydrogens (tertiary/aromatic N) is 2. The highest BCUT2D eigenvalue weighted by Gasteiger charge is 2.33. The molecule has 0 fully saturated rings. The first-order valence-corrected chi connectivity index (χ1v) is 9.00. The second-order valence-corrected chi connectivity index (χ2v) is 7.30. The lowest BCUT2D eigenvalue weighted by molar-refractivity contribution is 0.244. The zero-order valence-electron chi connectivity index (χ0n) is 12.2. The third-order valence-corrected chi connectivity index (χ3v) is 5.81. The Hall–Kier alpha value is -1.56. The van der Waals surface area contributed by atoms with Crippen LogP contribution in [0, 0.1) is 0 Å². The van der Waals surface area contributed by atoms with Crippen molar-refractivity contribution in [2.75, 3.05) is 13.1 Å². The Labute approximate surface area is 137 Å². The van der Waals surface area contributed by atoms with E-state index in [1.807, 2.05) is 12.2 Å². The van der Waals surface area contributed by atoms with E-state index in [1.165, 1.54) is 26.3 Å². The van der Waals surface area contributed by atoms with Crippen LogP contribution in [0.2, 0.25) is 0 Å². The fourth-order valence-electron chi connectivity index (χ4n) is 2.78. The van der Waals surface area contributed by atoms with Crippen molar-refractivity contribution < 1.29 is 5.11 Å². The molecular formula is C17H16N2OS2. The van der Waals surface area contributed by atoms with E-state index in [9.17, 15) is 5.11 Å². The van der Waals surface area contributed by atoms with E-state index in [0.29, 0.717) is 0 Å². The summed E-state index contributed by atoms with van der Waals surface area (Å²) in [5.41, 5.74) is 2.50. The molecule has 1 atom stereocenters. The summed E-state index contributed by atoms with van der Waals surface area (Å²) in [4.78, 5) is 8.06. The smallest absolute Gasteiger partial charge is 0.168 e. The lowest BCUT2D eigenvalue weighted by Gasteiger charge is -2.16. The molecule has 1 aromatic heterocycles. The van der Waals surface area contributed by atoms with Crippen LogP contribution in [-0.4, -0.2) is 34.4 Å². The summed E-state index contributed by atoms with van der Waals surface area (Å²) in [5, 5.41) is 14.1. The van der Waals surface area contributed by atoms with Crippen LogP contribution in [0.15, 0.2) is 51.7 Å². The molecule has 0 saturated heterocycles. The molecule has 4 rings (SSSR count). The highest BCUT2D eigenvalue weighted by atomic mass is 32.2. The fourth-order valence-corrected chi connectivity index (χ4v) is 4.83. The highest BCUT2D eigenvalue weighted by Crippen LogP contribution is 2.45. The average Bonchev–Trinajstić information content (AvgIpc) is 3.18. The van der Waals surface area contributed by atoms with Gasteiger partial charge in [-0.25, -0.2) is 0 Å². The quantitative estimate of drug-likeness (QED) is 0.927. The van der Waals surface area contributed by atoms with E-state index < -0.39 is 6.10 Å². The number of aliphatic hydroxyl groups is 1. The summed E-state index contributed by atoms with van der Waals surface area (Å²) in [6, 6.07) is 8.51. The Bertz CT molecular complexity index is 817. The Morgan fingerprint density at radius 1 is 1.36 bits per heavy atom. The van der Waals surface area contributed by atoms with Gasteiger partial charge >= 0.3 is 0 Å². The van der Waals surface area contributed by atoms with Crippen LogP contribution in [-0.2, 0) is 0 Å². The lowest BCUT2D eigenvalue weighted by Crippen LogP contribution is -2.19.